The molecule has 86 valence electrons. The Bertz CT molecular complexity index is 437. The van der Waals surface area contributed by atoms with Crippen LogP contribution in [0.3, 0.4) is 0 Å². The van der Waals surface area contributed by atoms with Gasteiger partial charge in [0.1, 0.15) is 11.6 Å². The van der Waals surface area contributed by atoms with Crippen LogP contribution in [0.2, 0.25) is 0 Å². The fourth-order valence-electron chi connectivity index (χ4n) is 1.67. The van der Waals surface area contributed by atoms with Crippen molar-refractivity contribution in [3.8, 4) is 5.75 Å². The molecule has 0 bridgehead atoms. The molecular formula is C10H10FNO4. The Morgan fingerprint density at radius 1 is 1.62 bits per heavy atom. The van der Waals surface area contributed by atoms with E-state index >= 15 is 0 Å². The lowest BCUT2D eigenvalue weighted by molar-refractivity contribution is -0.0420. The Kier molecular flexibility index (Phi) is 2.43. The van der Waals surface area contributed by atoms with E-state index in [1.807, 2.05) is 0 Å². The van der Waals surface area contributed by atoms with Crippen molar-refractivity contribution in [1.82, 2.24) is 0 Å². The van der Waals surface area contributed by atoms with E-state index in [9.17, 15) is 9.18 Å². The van der Waals surface area contributed by atoms with E-state index in [2.05, 4.69) is 4.74 Å². The number of rotatable bonds is 1. The first-order chi connectivity index (χ1) is 7.51. The Morgan fingerprint density at radius 2 is 2.38 bits per heavy atom. The summed E-state index contributed by atoms with van der Waals surface area (Å²) in [6.45, 7) is 0.225. The summed E-state index contributed by atoms with van der Waals surface area (Å²) in [5, 5.41) is 8.59. The first-order valence-electron chi connectivity index (χ1n) is 4.65. The third-order valence-corrected chi connectivity index (χ3v) is 2.40. The highest BCUT2D eigenvalue weighted by atomic mass is 19.1. The summed E-state index contributed by atoms with van der Waals surface area (Å²) in [4.78, 5) is 10.5. The fourth-order valence-corrected chi connectivity index (χ4v) is 1.67. The monoisotopic (exact) mass is 227 g/mol. The molecule has 16 heavy (non-hydrogen) atoms. The van der Waals surface area contributed by atoms with Gasteiger partial charge in [0.15, 0.2) is 5.72 Å². The molecule has 1 aromatic carbocycles. The Morgan fingerprint density at radius 3 is 3.06 bits per heavy atom. The number of carbonyl (C=O) groups is 1. The van der Waals surface area contributed by atoms with Crippen LogP contribution in [0.15, 0.2) is 18.2 Å². The molecule has 3 N–H and O–H groups in total. The van der Waals surface area contributed by atoms with Crippen LogP contribution in [-0.2, 0) is 10.5 Å². The summed E-state index contributed by atoms with van der Waals surface area (Å²) < 4.78 is 22.9. The lowest BCUT2D eigenvalue weighted by atomic mass is 9.97. The molecule has 0 amide bonds. The largest absolute Gasteiger partial charge is 0.507 e. The van der Waals surface area contributed by atoms with Gasteiger partial charge >= 0.3 is 6.16 Å². The predicted molar refractivity (Wildman–Crippen MR) is 51.5 cm³/mol. The molecule has 0 unspecified atom stereocenters. The van der Waals surface area contributed by atoms with Crippen molar-refractivity contribution in [3.05, 3.63) is 29.6 Å². The van der Waals surface area contributed by atoms with Gasteiger partial charge in [-0.15, -0.1) is 0 Å². The second-order valence-electron chi connectivity index (χ2n) is 3.50. The minimum absolute atomic E-state index is 0.149. The van der Waals surface area contributed by atoms with Crippen LogP contribution >= 0.6 is 0 Å². The first-order valence-corrected chi connectivity index (χ1v) is 4.65. The summed E-state index contributed by atoms with van der Waals surface area (Å²) in [5.74, 6) is -0.176. The molecule has 0 spiro atoms. The molecule has 6 heteroatoms. The van der Waals surface area contributed by atoms with E-state index in [1.54, 1.807) is 0 Å². The maximum Gasteiger partial charge on any atom is 0.507 e. The van der Waals surface area contributed by atoms with Gasteiger partial charge in [-0.1, -0.05) is 0 Å². The van der Waals surface area contributed by atoms with Gasteiger partial charge in [0.05, 0.1) is 12.2 Å². The number of hydrogen-bond acceptors (Lipinski definition) is 4. The van der Waals surface area contributed by atoms with E-state index < -0.39 is 17.7 Å². The highest BCUT2D eigenvalue weighted by Gasteiger charge is 2.38. The van der Waals surface area contributed by atoms with Crippen LogP contribution in [0.5, 0.6) is 5.75 Å². The first kappa shape index (κ1) is 10.7. The van der Waals surface area contributed by atoms with Crippen molar-refractivity contribution < 1.29 is 23.8 Å². The van der Waals surface area contributed by atoms with Crippen LogP contribution in [0, 0.1) is 5.82 Å². The predicted octanol–water partition coefficient (Wildman–Crippen LogP) is 1.41. The van der Waals surface area contributed by atoms with Crippen LogP contribution in [0.1, 0.15) is 12.0 Å². The summed E-state index contributed by atoms with van der Waals surface area (Å²) in [6.07, 6.45) is -1.35. The van der Waals surface area contributed by atoms with Crippen molar-refractivity contribution >= 4 is 6.16 Å². The van der Waals surface area contributed by atoms with Gasteiger partial charge in [0.25, 0.3) is 0 Å². The van der Waals surface area contributed by atoms with Gasteiger partial charge in [-0.2, -0.15) is 0 Å². The van der Waals surface area contributed by atoms with Crippen LogP contribution in [0.4, 0.5) is 9.18 Å². The summed E-state index contributed by atoms with van der Waals surface area (Å²) >= 11 is 0. The number of hydrogen-bond donors (Lipinski definition) is 2. The topological polar surface area (TPSA) is 81.8 Å². The van der Waals surface area contributed by atoms with Crippen LogP contribution in [0.25, 0.3) is 0 Å². The number of halogens is 1. The third kappa shape index (κ3) is 1.79. The van der Waals surface area contributed by atoms with Crippen LogP contribution in [-0.4, -0.2) is 17.9 Å². The van der Waals surface area contributed by atoms with E-state index in [0.717, 1.165) is 6.07 Å². The number of carboxylic acid groups (broad SMARTS) is 1. The van der Waals surface area contributed by atoms with Gasteiger partial charge in [0.2, 0.25) is 0 Å². The average Bonchev–Trinajstić information content (AvgIpc) is 2.18. The molecule has 0 aromatic heterocycles. The maximum atomic E-state index is 13.1. The van der Waals surface area contributed by atoms with Gasteiger partial charge in [-0.05, 0) is 18.2 Å². The summed E-state index contributed by atoms with van der Waals surface area (Å²) in [6, 6.07) is 3.74. The molecule has 0 fully saturated rings. The molecule has 0 saturated heterocycles. The summed E-state index contributed by atoms with van der Waals surface area (Å²) in [5.41, 5.74) is 4.46. The number of nitrogens with two attached hydrogens (primary N) is 1. The quantitative estimate of drug-likeness (QED) is 0.560. The molecule has 1 aromatic rings. The van der Waals surface area contributed by atoms with Gasteiger partial charge < -0.3 is 14.6 Å². The van der Waals surface area contributed by atoms with Crippen molar-refractivity contribution in [3.63, 3.8) is 0 Å². The smallest absolute Gasteiger partial charge is 0.493 e. The number of ether oxygens (including phenoxy) is 2. The van der Waals surface area contributed by atoms with E-state index in [-0.39, 0.29) is 18.6 Å². The molecule has 1 heterocycles. The highest BCUT2D eigenvalue weighted by molar-refractivity contribution is 5.58. The van der Waals surface area contributed by atoms with Crippen molar-refractivity contribution in [2.45, 2.75) is 12.1 Å². The van der Waals surface area contributed by atoms with Crippen molar-refractivity contribution in [2.24, 2.45) is 5.73 Å². The SMILES string of the molecule is N[C@]1(OC(=O)O)CCOc2ccc(F)cc21. The van der Waals surface area contributed by atoms with E-state index in [1.165, 1.54) is 12.1 Å². The zero-order valence-electron chi connectivity index (χ0n) is 8.27. The molecular weight excluding hydrogens is 217 g/mol. The second-order valence-corrected chi connectivity index (χ2v) is 3.50. The standard InChI is InChI=1S/C10H10FNO4/c11-6-1-2-8-7(5-6)10(12,3-4-15-8)16-9(13)14/h1-2,5H,3-4,12H2,(H,13,14)/t10-/m0/s1. The Balaban J connectivity index is 2.45. The molecule has 0 saturated carbocycles. The highest BCUT2D eigenvalue weighted by Crippen LogP contribution is 2.36. The molecule has 0 radical (unpaired) electrons. The van der Waals surface area contributed by atoms with E-state index in [4.69, 9.17) is 15.6 Å². The lowest BCUT2D eigenvalue weighted by Gasteiger charge is -2.33. The van der Waals surface area contributed by atoms with Gasteiger partial charge in [-0.3, -0.25) is 5.73 Å². The molecule has 1 aliphatic heterocycles. The number of fused-ring (bicyclic) bond motifs is 1. The zero-order chi connectivity index (χ0) is 11.8. The normalized spacial score (nSPS) is 23.1. The molecule has 1 atom stereocenters. The molecule has 5 nitrogen and oxygen atoms in total. The second kappa shape index (κ2) is 3.64. The molecule has 1 aliphatic rings. The minimum atomic E-state index is -1.54. The van der Waals surface area contributed by atoms with Crippen LogP contribution < -0.4 is 10.5 Å². The van der Waals surface area contributed by atoms with Crippen molar-refractivity contribution in [2.75, 3.05) is 6.61 Å². The van der Waals surface area contributed by atoms with Gasteiger partial charge in [0, 0.05) is 6.42 Å². The maximum absolute atomic E-state index is 13.1. The minimum Gasteiger partial charge on any atom is -0.493 e. The summed E-state index contributed by atoms with van der Waals surface area (Å²) in [7, 11) is 0. The number of benzene rings is 1. The van der Waals surface area contributed by atoms with Crippen molar-refractivity contribution in [1.29, 1.82) is 0 Å². The van der Waals surface area contributed by atoms with E-state index in [0.29, 0.717) is 5.75 Å². The third-order valence-electron chi connectivity index (χ3n) is 2.40. The lowest BCUT2D eigenvalue weighted by Crippen LogP contribution is -2.45. The Hall–Kier alpha value is -1.82. The molecule has 2 rings (SSSR count). The zero-order valence-corrected chi connectivity index (χ0v) is 8.27. The average molecular weight is 227 g/mol. The van der Waals surface area contributed by atoms with Gasteiger partial charge in [-0.25, -0.2) is 9.18 Å². The molecule has 0 aliphatic carbocycles. The Labute approximate surface area is 90.6 Å². The fraction of sp³-hybridized carbons (Fsp3) is 0.300.